The lowest BCUT2D eigenvalue weighted by atomic mass is 9.94. The van der Waals surface area contributed by atoms with E-state index in [1.54, 1.807) is 25.7 Å². The van der Waals surface area contributed by atoms with E-state index in [1.165, 1.54) is 0 Å². The molecule has 9 nitrogen and oxygen atoms in total. The van der Waals surface area contributed by atoms with Crippen molar-refractivity contribution in [1.82, 2.24) is 15.5 Å². The lowest BCUT2D eigenvalue weighted by molar-refractivity contribution is -0.145. The van der Waals surface area contributed by atoms with Crippen LogP contribution in [-0.2, 0) is 19.1 Å². The molecule has 0 fully saturated rings. The van der Waals surface area contributed by atoms with Crippen molar-refractivity contribution in [3.8, 4) is 0 Å². The van der Waals surface area contributed by atoms with E-state index in [0.717, 1.165) is 30.4 Å². The van der Waals surface area contributed by atoms with E-state index < -0.39 is 35.6 Å². The summed E-state index contributed by atoms with van der Waals surface area (Å²) in [6.07, 6.45) is 2.27. The van der Waals surface area contributed by atoms with Crippen molar-refractivity contribution >= 4 is 23.8 Å². The number of benzene rings is 1. The van der Waals surface area contributed by atoms with Crippen molar-refractivity contribution in [1.29, 1.82) is 0 Å². The Bertz CT molecular complexity index is 1010. The summed E-state index contributed by atoms with van der Waals surface area (Å²) in [6.45, 7) is 19.3. The van der Waals surface area contributed by atoms with Gasteiger partial charge in [0.2, 0.25) is 17.7 Å². The molecule has 232 valence electrons. The van der Waals surface area contributed by atoms with Crippen LogP contribution in [0.4, 0.5) is 4.79 Å². The number of hydrogen-bond acceptors (Lipinski definition) is 5. The van der Waals surface area contributed by atoms with E-state index in [1.807, 2.05) is 45.9 Å². The second-order valence-corrected chi connectivity index (χ2v) is 12.8. The molecule has 0 bridgehead atoms. The molecular formula is C32H54N4O5. The number of hydrogen-bond donors (Lipinski definition) is 3. The normalized spacial score (nSPS) is 14.5. The molecule has 0 spiro atoms. The zero-order valence-corrected chi connectivity index (χ0v) is 26.9. The number of carbonyl (C=O) groups excluding carboxylic acids is 4. The van der Waals surface area contributed by atoms with Crippen molar-refractivity contribution in [3.05, 3.63) is 34.9 Å². The molecule has 0 heterocycles. The van der Waals surface area contributed by atoms with Gasteiger partial charge in [-0.2, -0.15) is 0 Å². The maximum Gasteiger partial charge on any atom is 0.408 e. The second kappa shape index (κ2) is 16.4. The molecule has 0 saturated carbocycles. The van der Waals surface area contributed by atoms with Crippen LogP contribution in [0.5, 0.6) is 0 Å². The Morgan fingerprint density at radius 3 is 1.98 bits per heavy atom. The third kappa shape index (κ3) is 13.0. The number of nitrogens with two attached hydrogens (primary N) is 1. The fourth-order valence-electron chi connectivity index (χ4n) is 4.92. The average molecular weight is 575 g/mol. The first-order chi connectivity index (χ1) is 18.9. The first kappa shape index (κ1) is 35.9. The molecule has 4 N–H and O–H groups in total. The Hall–Kier alpha value is -3.10. The van der Waals surface area contributed by atoms with Gasteiger partial charge in [0, 0.05) is 18.5 Å². The molecule has 0 aromatic heterocycles. The van der Waals surface area contributed by atoms with Gasteiger partial charge in [0.15, 0.2) is 0 Å². The number of rotatable bonds is 15. The highest BCUT2D eigenvalue weighted by Gasteiger charge is 2.39. The number of amides is 4. The predicted octanol–water partition coefficient (Wildman–Crippen LogP) is 5.46. The molecule has 4 unspecified atom stereocenters. The van der Waals surface area contributed by atoms with Crippen LogP contribution < -0.4 is 16.4 Å². The number of ether oxygens (including phenoxy) is 1. The SMILES string of the molecule is CCCC(C)NC(=O)C(c1cc(C)cc(C)c1)N(C(=O)C(CCC(N)=O)NC(=O)OC(C)(C)C)C(C)CCC(C)C. The van der Waals surface area contributed by atoms with Crippen molar-refractivity contribution < 1.29 is 23.9 Å². The Balaban J connectivity index is 3.73. The second-order valence-electron chi connectivity index (χ2n) is 12.8. The standard InChI is InChI=1S/C32H54N4O5/c1-11-12-23(6)34-29(38)28(25-18-21(4)17-22(5)19-25)36(24(7)14-13-20(2)3)30(39)26(15-16-27(33)37)35-31(40)41-32(8,9)10/h17-20,23-24,26,28H,11-16H2,1-10H3,(H2,33,37)(H,34,38)(H,35,40). The molecule has 1 rings (SSSR count). The lowest BCUT2D eigenvalue weighted by Crippen LogP contribution is -2.56. The van der Waals surface area contributed by atoms with Crippen LogP contribution in [0.3, 0.4) is 0 Å². The van der Waals surface area contributed by atoms with Gasteiger partial charge in [0.05, 0.1) is 0 Å². The van der Waals surface area contributed by atoms with Gasteiger partial charge in [-0.05, 0) is 85.6 Å². The molecule has 0 aliphatic heterocycles. The van der Waals surface area contributed by atoms with Gasteiger partial charge < -0.3 is 26.0 Å². The highest BCUT2D eigenvalue weighted by Crippen LogP contribution is 2.29. The minimum Gasteiger partial charge on any atom is -0.444 e. The van der Waals surface area contributed by atoms with Crippen molar-refractivity contribution in [3.63, 3.8) is 0 Å². The van der Waals surface area contributed by atoms with Crippen LogP contribution in [0.15, 0.2) is 18.2 Å². The summed E-state index contributed by atoms with van der Waals surface area (Å²) < 4.78 is 5.43. The van der Waals surface area contributed by atoms with Gasteiger partial charge in [0.25, 0.3) is 0 Å². The van der Waals surface area contributed by atoms with Crippen molar-refractivity contribution in [2.75, 3.05) is 0 Å². The van der Waals surface area contributed by atoms with Crippen LogP contribution >= 0.6 is 0 Å². The number of nitrogens with one attached hydrogen (secondary N) is 2. The summed E-state index contributed by atoms with van der Waals surface area (Å²) >= 11 is 0. The molecule has 9 heteroatoms. The van der Waals surface area contributed by atoms with E-state index in [-0.39, 0.29) is 30.8 Å². The quantitative estimate of drug-likeness (QED) is 0.256. The fraction of sp³-hybridized carbons (Fsp3) is 0.688. The van der Waals surface area contributed by atoms with Crippen molar-refractivity contribution in [2.24, 2.45) is 11.7 Å². The van der Waals surface area contributed by atoms with Gasteiger partial charge in [-0.3, -0.25) is 14.4 Å². The number of aryl methyl sites for hydroxylation is 2. The first-order valence-corrected chi connectivity index (χ1v) is 14.9. The molecule has 0 saturated heterocycles. The van der Waals surface area contributed by atoms with Gasteiger partial charge >= 0.3 is 6.09 Å². The smallest absolute Gasteiger partial charge is 0.408 e. The Morgan fingerprint density at radius 2 is 1.49 bits per heavy atom. The highest BCUT2D eigenvalue weighted by molar-refractivity contribution is 5.92. The number of alkyl carbamates (subject to hydrolysis) is 1. The van der Waals surface area contributed by atoms with Gasteiger partial charge in [-0.1, -0.05) is 56.5 Å². The van der Waals surface area contributed by atoms with E-state index in [9.17, 15) is 19.2 Å². The Kier molecular flexibility index (Phi) is 14.3. The Labute approximate surface area is 247 Å². The third-order valence-electron chi connectivity index (χ3n) is 6.76. The van der Waals surface area contributed by atoms with Gasteiger partial charge in [-0.15, -0.1) is 0 Å². The molecular weight excluding hydrogens is 520 g/mol. The van der Waals surface area contributed by atoms with Gasteiger partial charge in [-0.25, -0.2) is 4.79 Å². The van der Waals surface area contributed by atoms with E-state index >= 15 is 0 Å². The monoisotopic (exact) mass is 574 g/mol. The molecule has 0 aliphatic rings. The van der Waals surface area contributed by atoms with E-state index in [2.05, 4.69) is 31.4 Å². The first-order valence-electron chi connectivity index (χ1n) is 14.9. The highest BCUT2D eigenvalue weighted by atomic mass is 16.6. The summed E-state index contributed by atoms with van der Waals surface area (Å²) in [5.74, 6) is -0.953. The molecule has 0 radical (unpaired) electrons. The predicted molar refractivity (Wildman–Crippen MR) is 163 cm³/mol. The Morgan fingerprint density at radius 1 is 0.902 bits per heavy atom. The zero-order chi connectivity index (χ0) is 31.5. The van der Waals surface area contributed by atoms with Crippen molar-refractivity contribution in [2.45, 2.75) is 138 Å². The molecule has 41 heavy (non-hydrogen) atoms. The molecule has 4 atom stereocenters. The summed E-state index contributed by atoms with van der Waals surface area (Å²) in [7, 11) is 0. The largest absolute Gasteiger partial charge is 0.444 e. The molecule has 4 amide bonds. The number of primary amides is 1. The average Bonchev–Trinajstić information content (AvgIpc) is 2.81. The van der Waals surface area contributed by atoms with Crippen LogP contribution in [0.25, 0.3) is 0 Å². The van der Waals surface area contributed by atoms with Crippen LogP contribution in [0.1, 0.15) is 117 Å². The van der Waals surface area contributed by atoms with E-state index in [4.69, 9.17) is 10.5 Å². The molecule has 0 aliphatic carbocycles. The van der Waals surface area contributed by atoms with Crippen LogP contribution in [0, 0.1) is 19.8 Å². The third-order valence-corrected chi connectivity index (χ3v) is 6.76. The summed E-state index contributed by atoms with van der Waals surface area (Å²) in [4.78, 5) is 54.6. The van der Waals surface area contributed by atoms with Gasteiger partial charge in [0.1, 0.15) is 17.7 Å². The lowest BCUT2D eigenvalue weighted by Gasteiger charge is -2.39. The summed E-state index contributed by atoms with van der Waals surface area (Å²) in [5, 5.41) is 5.78. The zero-order valence-electron chi connectivity index (χ0n) is 26.9. The molecule has 1 aromatic carbocycles. The van der Waals surface area contributed by atoms with Crippen LogP contribution in [0.2, 0.25) is 0 Å². The van der Waals surface area contributed by atoms with E-state index in [0.29, 0.717) is 17.9 Å². The maximum absolute atomic E-state index is 14.5. The number of nitrogens with zero attached hydrogens (tertiary/aromatic N) is 1. The number of carbonyl (C=O) groups is 4. The minimum absolute atomic E-state index is 0.0196. The molecule has 1 aromatic rings. The maximum atomic E-state index is 14.5. The summed E-state index contributed by atoms with van der Waals surface area (Å²) in [6, 6.07) is 3.38. The minimum atomic E-state index is -1.12. The van der Waals surface area contributed by atoms with Crippen LogP contribution in [-0.4, -0.2) is 52.4 Å². The summed E-state index contributed by atoms with van der Waals surface area (Å²) in [5.41, 5.74) is 7.28. The fourth-order valence-corrected chi connectivity index (χ4v) is 4.92. The topological polar surface area (TPSA) is 131 Å².